The van der Waals surface area contributed by atoms with Gasteiger partial charge in [0, 0.05) is 19.1 Å². The Bertz CT molecular complexity index is 232. The average molecular weight is 213 g/mol. The molecule has 1 aliphatic carbocycles. The van der Waals surface area contributed by atoms with Crippen molar-refractivity contribution in [2.24, 2.45) is 5.92 Å². The number of ether oxygens (including phenoxy) is 1. The quantitative estimate of drug-likeness (QED) is 0.758. The van der Waals surface area contributed by atoms with E-state index < -0.39 is 5.97 Å². The smallest absolute Gasteiger partial charge is 0.304 e. The number of nitrogens with zero attached hydrogens (tertiary/aromatic N) is 1. The molecule has 2 fully saturated rings. The zero-order valence-electron chi connectivity index (χ0n) is 9.02. The van der Waals surface area contributed by atoms with Crippen molar-refractivity contribution < 1.29 is 14.6 Å². The molecular weight excluding hydrogens is 194 g/mol. The fraction of sp³-hybridized carbons (Fsp3) is 0.909. The van der Waals surface area contributed by atoms with E-state index in [1.54, 1.807) is 0 Å². The van der Waals surface area contributed by atoms with Crippen molar-refractivity contribution in [1.29, 1.82) is 0 Å². The first-order chi connectivity index (χ1) is 7.27. The Morgan fingerprint density at radius 1 is 1.47 bits per heavy atom. The van der Waals surface area contributed by atoms with E-state index in [4.69, 9.17) is 9.84 Å². The molecular formula is C11H19NO3. The summed E-state index contributed by atoms with van der Waals surface area (Å²) in [7, 11) is 0. The molecule has 0 spiro atoms. The lowest BCUT2D eigenvalue weighted by atomic mass is 10.0. The largest absolute Gasteiger partial charge is 0.481 e. The van der Waals surface area contributed by atoms with Gasteiger partial charge in [-0.05, 0) is 18.8 Å². The van der Waals surface area contributed by atoms with Gasteiger partial charge in [-0.3, -0.25) is 9.69 Å². The first-order valence-electron chi connectivity index (χ1n) is 5.81. The predicted octanol–water partition coefficient (Wildman–Crippen LogP) is 0.962. The van der Waals surface area contributed by atoms with Crippen LogP contribution in [0.15, 0.2) is 0 Å². The molecule has 0 radical (unpaired) electrons. The minimum Gasteiger partial charge on any atom is -0.481 e. The van der Waals surface area contributed by atoms with E-state index in [2.05, 4.69) is 4.90 Å². The highest BCUT2D eigenvalue weighted by atomic mass is 16.5. The minimum absolute atomic E-state index is 0.253. The number of carboxylic acid groups (broad SMARTS) is 1. The minimum atomic E-state index is -0.699. The van der Waals surface area contributed by atoms with Gasteiger partial charge in [-0.2, -0.15) is 0 Å². The zero-order chi connectivity index (χ0) is 10.7. The van der Waals surface area contributed by atoms with Gasteiger partial charge in [0.25, 0.3) is 0 Å². The van der Waals surface area contributed by atoms with E-state index in [1.807, 2.05) is 0 Å². The summed E-state index contributed by atoms with van der Waals surface area (Å²) in [6.07, 6.45) is 3.98. The summed E-state index contributed by atoms with van der Waals surface area (Å²) in [5, 5.41) is 8.70. The number of rotatable bonds is 3. The normalized spacial score (nSPS) is 32.3. The molecule has 1 N–H and O–H groups in total. The number of hydrogen-bond donors (Lipinski definition) is 1. The van der Waals surface area contributed by atoms with Crippen molar-refractivity contribution in [1.82, 2.24) is 4.90 Å². The lowest BCUT2D eigenvalue weighted by Crippen LogP contribution is -2.39. The summed E-state index contributed by atoms with van der Waals surface area (Å²) < 4.78 is 5.56. The molecule has 0 bridgehead atoms. The second-order valence-electron chi connectivity index (χ2n) is 4.51. The standard InChI is InChI=1S/C11H19NO3/c13-11(14)4-5-12-6-7-15-8-9-2-1-3-10(9)12/h9-10H,1-8H2,(H,13,14)/t9-,10-/m0/s1. The van der Waals surface area contributed by atoms with E-state index in [0.717, 1.165) is 19.8 Å². The summed E-state index contributed by atoms with van der Waals surface area (Å²) in [4.78, 5) is 12.9. The highest BCUT2D eigenvalue weighted by Crippen LogP contribution is 2.31. The lowest BCUT2D eigenvalue weighted by Gasteiger charge is -2.29. The van der Waals surface area contributed by atoms with Crippen molar-refractivity contribution in [2.45, 2.75) is 31.7 Å². The topological polar surface area (TPSA) is 49.8 Å². The van der Waals surface area contributed by atoms with Crippen molar-refractivity contribution in [3.63, 3.8) is 0 Å². The van der Waals surface area contributed by atoms with Crippen LogP contribution in [-0.4, -0.2) is 48.3 Å². The Labute approximate surface area is 90.2 Å². The van der Waals surface area contributed by atoms with Crippen LogP contribution < -0.4 is 0 Å². The molecule has 0 aromatic heterocycles. The van der Waals surface area contributed by atoms with Gasteiger partial charge in [-0.25, -0.2) is 0 Å². The van der Waals surface area contributed by atoms with Gasteiger partial charge in [-0.1, -0.05) is 6.42 Å². The van der Waals surface area contributed by atoms with Crippen LogP contribution in [0.4, 0.5) is 0 Å². The molecule has 1 saturated carbocycles. The second-order valence-corrected chi connectivity index (χ2v) is 4.51. The van der Waals surface area contributed by atoms with Crippen molar-refractivity contribution >= 4 is 5.97 Å². The number of fused-ring (bicyclic) bond motifs is 1. The first-order valence-corrected chi connectivity index (χ1v) is 5.81. The maximum absolute atomic E-state index is 10.6. The molecule has 0 amide bonds. The third-order valence-electron chi connectivity index (χ3n) is 3.56. The zero-order valence-corrected chi connectivity index (χ0v) is 9.02. The van der Waals surface area contributed by atoms with Crippen LogP contribution in [0.3, 0.4) is 0 Å². The van der Waals surface area contributed by atoms with E-state index >= 15 is 0 Å². The Morgan fingerprint density at radius 2 is 2.33 bits per heavy atom. The lowest BCUT2D eigenvalue weighted by molar-refractivity contribution is -0.137. The van der Waals surface area contributed by atoms with Crippen molar-refractivity contribution in [3.8, 4) is 0 Å². The summed E-state index contributed by atoms with van der Waals surface area (Å²) in [6.45, 7) is 3.20. The van der Waals surface area contributed by atoms with E-state index in [-0.39, 0.29) is 6.42 Å². The molecule has 1 aliphatic heterocycles. The molecule has 0 aromatic carbocycles. The van der Waals surface area contributed by atoms with Crippen LogP contribution >= 0.6 is 0 Å². The molecule has 0 aromatic rings. The van der Waals surface area contributed by atoms with Crippen LogP contribution in [0.2, 0.25) is 0 Å². The molecule has 86 valence electrons. The average Bonchev–Trinajstić information content (AvgIpc) is 2.57. The SMILES string of the molecule is O=C(O)CCN1CCOC[C@@H]2CCC[C@@H]21. The van der Waals surface area contributed by atoms with Gasteiger partial charge in [0.2, 0.25) is 0 Å². The number of aliphatic carboxylic acids is 1. The summed E-state index contributed by atoms with van der Waals surface area (Å²) in [6, 6.07) is 0.576. The third-order valence-corrected chi connectivity index (χ3v) is 3.56. The third kappa shape index (κ3) is 2.69. The molecule has 4 nitrogen and oxygen atoms in total. The molecule has 1 heterocycles. The van der Waals surface area contributed by atoms with Crippen LogP contribution in [0.5, 0.6) is 0 Å². The number of carbonyl (C=O) groups is 1. The van der Waals surface area contributed by atoms with Crippen LogP contribution in [-0.2, 0) is 9.53 Å². The maximum Gasteiger partial charge on any atom is 0.304 e. The van der Waals surface area contributed by atoms with Crippen LogP contribution in [0.1, 0.15) is 25.7 Å². The van der Waals surface area contributed by atoms with Crippen LogP contribution in [0.25, 0.3) is 0 Å². The molecule has 0 unspecified atom stereocenters. The fourth-order valence-corrected chi connectivity index (χ4v) is 2.79. The van der Waals surface area contributed by atoms with Gasteiger partial charge in [0.05, 0.1) is 19.6 Å². The van der Waals surface area contributed by atoms with E-state index in [1.165, 1.54) is 19.3 Å². The highest BCUT2D eigenvalue weighted by molar-refractivity contribution is 5.66. The molecule has 1 saturated heterocycles. The number of carboxylic acids is 1. The van der Waals surface area contributed by atoms with Gasteiger partial charge in [0.15, 0.2) is 0 Å². The summed E-state index contributed by atoms with van der Waals surface area (Å²) >= 11 is 0. The highest BCUT2D eigenvalue weighted by Gasteiger charge is 2.33. The molecule has 4 heteroatoms. The van der Waals surface area contributed by atoms with E-state index in [9.17, 15) is 4.79 Å². The van der Waals surface area contributed by atoms with Gasteiger partial charge < -0.3 is 9.84 Å². The first kappa shape index (κ1) is 10.9. The maximum atomic E-state index is 10.6. The molecule has 2 atom stereocenters. The monoisotopic (exact) mass is 213 g/mol. The molecule has 15 heavy (non-hydrogen) atoms. The summed E-state index contributed by atoms with van der Waals surface area (Å²) in [5.74, 6) is -0.0593. The molecule has 2 aliphatic rings. The molecule has 2 rings (SSSR count). The van der Waals surface area contributed by atoms with Gasteiger partial charge in [0.1, 0.15) is 0 Å². The van der Waals surface area contributed by atoms with Crippen molar-refractivity contribution in [3.05, 3.63) is 0 Å². The predicted molar refractivity (Wildman–Crippen MR) is 55.8 cm³/mol. The fourth-order valence-electron chi connectivity index (χ4n) is 2.79. The van der Waals surface area contributed by atoms with Gasteiger partial charge in [-0.15, -0.1) is 0 Å². The van der Waals surface area contributed by atoms with E-state index in [0.29, 0.717) is 18.5 Å². The second kappa shape index (κ2) is 4.94. The van der Waals surface area contributed by atoms with Crippen LogP contribution in [0, 0.1) is 5.92 Å². The van der Waals surface area contributed by atoms with Gasteiger partial charge >= 0.3 is 5.97 Å². The Hall–Kier alpha value is -0.610. The summed E-state index contributed by atoms with van der Waals surface area (Å²) in [5.41, 5.74) is 0. The van der Waals surface area contributed by atoms with Crippen molar-refractivity contribution in [2.75, 3.05) is 26.3 Å². The Kier molecular flexibility index (Phi) is 3.59. The number of hydrogen-bond acceptors (Lipinski definition) is 3. The Balaban J connectivity index is 1.92. The Morgan fingerprint density at radius 3 is 3.13 bits per heavy atom.